The van der Waals surface area contributed by atoms with Crippen molar-refractivity contribution in [2.75, 3.05) is 7.11 Å². The molecule has 1 nitrogen and oxygen atoms in total. The molecule has 1 rings (SSSR count). The van der Waals surface area contributed by atoms with Gasteiger partial charge in [0.05, 0.1) is 7.11 Å². The van der Waals surface area contributed by atoms with Crippen LogP contribution in [0.25, 0.3) is 0 Å². The van der Waals surface area contributed by atoms with E-state index in [4.69, 9.17) is 16.3 Å². The van der Waals surface area contributed by atoms with Crippen LogP contribution in [0.3, 0.4) is 0 Å². The van der Waals surface area contributed by atoms with E-state index >= 15 is 0 Å². The van der Waals surface area contributed by atoms with E-state index < -0.39 is 0 Å². The van der Waals surface area contributed by atoms with Crippen LogP contribution in [0.15, 0.2) is 18.2 Å². The Morgan fingerprint density at radius 2 is 2.18 bits per heavy atom. The van der Waals surface area contributed by atoms with Crippen molar-refractivity contribution in [1.29, 1.82) is 0 Å². The normalized spacial score (nSPS) is 7.45. The molecule has 4 heteroatoms. The predicted octanol–water partition coefficient (Wildman–Crippen LogP) is -1.23. The third kappa shape index (κ3) is 5.11. The molecule has 0 saturated carbocycles. The van der Waals surface area contributed by atoms with Crippen LogP contribution in [0, 0.1) is 6.07 Å². The third-order valence-electron chi connectivity index (χ3n) is 0.957. The fourth-order valence-electron chi connectivity index (χ4n) is 0.536. The molecular weight excluding hydrogens is 287 g/mol. The molecule has 1 aromatic rings. The zero-order valence-electron chi connectivity index (χ0n) is 6.10. The average molecular weight is 293 g/mol. The van der Waals surface area contributed by atoms with E-state index in [1.165, 1.54) is 0 Å². The monoisotopic (exact) mass is 292 g/mol. The minimum absolute atomic E-state index is 0. The molecule has 0 aliphatic carbocycles. The molecule has 0 heterocycles. The molecule has 0 bridgehead atoms. The topological polar surface area (TPSA) is 9.23 Å². The Morgan fingerprint density at radius 3 is 2.55 bits per heavy atom. The van der Waals surface area contributed by atoms with Gasteiger partial charge in [0.15, 0.2) is 0 Å². The number of hydrogen-bond acceptors (Lipinski definition) is 1. The van der Waals surface area contributed by atoms with Crippen molar-refractivity contribution in [2.24, 2.45) is 0 Å². The molecule has 11 heavy (non-hydrogen) atoms. The van der Waals surface area contributed by atoms with Crippen LogP contribution < -0.4 is 28.7 Å². The van der Waals surface area contributed by atoms with Gasteiger partial charge >= 0.3 is 23.1 Å². The molecule has 0 aliphatic rings. The van der Waals surface area contributed by atoms with Crippen molar-refractivity contribution < 1.29 is 28.7 Å². The molecule has 0 fully saturated rings. The zero-order chi connectivity index (χ0) is 6.69. The van der Waals surface area contributed by atoms with Crippen LogP contribution in [0.2, 0.25) is 5.02 Å². The maximum absolute atomic E-state index is 5.62. The molecule has 0 amide bonds. The summed E-state index contributed by atoms with van der Waals surface area (Å²) in [5.74, 6) is 0.669. The van der Waals surface area contributed by atoms with Crippen molar-refractivity contribution in [3.05, 3.63) is 29.3 Å². The Kier molecular flexibility index (Phi) is 9.72. The molecule has 0 atom stereocenters. The first kappa shape index (κ1) is 14.3. The van der Waals surface area contributed by atoms with Gasteiger partial charge in [-0.05, 0) is 0 Å². The first-order chi connectivity index (χ1) is 4.33. The van der Waals surface area contributed by atoms with Gasteiger partial charge in [-0.15, -0.1) is 23.7 Å². The smallest absolute Gasteiger partial charge is 1.00 e. The van der Waals surface area contributed by atoms with Crippen LogP contribution in [0.4, 0.5) is 0 Å². The van der Waals surface area contributed by atoms with E-state index in [1.54, 1.807) is 25.3 Å². The van der Waals surface area contributed by atoms with Crippen molar-refractivity contribution in [3.8, 4) is 5.75 Å². The number of rotatable bonds is 1. The SMILES string of the molecule is COc1[c-]ccc(Cl)c1.[I-].[Mg+2]. The van der Waals surface area contributed by atoms with E-state index in [0.29, 0.717) is 10.8 Å². The molecule has 0 spiro atoms. The Labute approximate surface area is 105 Å². The van der Waals surface area contributed by atoms with Crippen molar-refractivity contribution in [2.45, 2.75) is 0 Å². The summed E-state index contributed by atoms with van der Waals surface area (Å²) in [6, 6.07) is 8.04. The van der Waals surface area contributed by atoms with Gasteiger partial charge < -0.3 is 28.7 Å². The molecule has 0 N–H and O–H groups in total. The average Bonchev–Trinajstić information content (AvgIpc) is 1.88. The van der Waals surface area contributed by atoms with E-state index in [9.17, 15) is 0 Å². The largest absolute Gasteiger partial charge is 2.00 e. The number of methoxy groups -OCH3 is 1. The van der Waals surface area contributed by atoms with Crippen molar-refractivity contribution in [3.63, 3.8) is 0 Å². The van der Waals surface area contributed by atoms with Crippen molar-refractivity contribution >= 4 is 34.7 Å². The number of hydrogen-bond donors (Lipinski definition) is 0. The Morgan fingerprint density at radius 1 is 1.55 bits per heavy atom. The molecule has 0 aromatic heterocycles. The number of ether oxygens (including phenoxy) is 1. The van der Waals surface area contributed by atoms with Crippen LogP contribution in [0.5, 0.6) is 5.75 Å². The third-order valence-corrected chi connectivity index (χ3v) is 1.19. The molecule has 56 valence electrons. The molecular formula is C7H6ClIMgO. The van der Waals surface area contributed by atoms with E-state index in [1.807, 2.05) is 0 Å². The second-order valence-electron chi connectivity index (χ2n) is 1.58. The summed E-state index contributed by atoms with van der Waals surface area (Å²) in [6.45, 7) is 0. The van der Waals surface area contributed by atoms with Gasteiger partial charge in [-0.2, -0.15) is 12.1 Å². The molecule has 0 aliphatic heterocycles. The first-order valence-corrected chi connectivity index (χ1v) is 2.92. The second-order valence-corrected chi connectivity index (χ2v) is 2.01. The second kappa shape index (κ2) is 7.46. The first-order valence-electron chi connectivity index (χ1n) is 2.54. The molecule has 1 aromatic carbocycles. The summed E-state index contributed by atoms with van der Waals surface area (Å²) in [6.07, 6.45) is 0. The van der Waals surface area contributed by atoms with E-state index in [0.717, 1.165) is 0 Å². The van der Waals surface area contributed by atoms with Crippen LogP contribution in [-0.2, 0) is 0 Å². The minimum Gasteiger partial charge on any atom is -1.00 e. The van der Waals surface area contributed by atoms with Gasteiger partial charge in [0.2, 0.25) is 0 Å². The Hall–Kier alpha value is 0.806. The molecule has 0 radical (unpaired) electrons. The summed E-state index contributed by atoms with van der Waals surface area (Å²) in [5.41, 5.74) is 0. The summed E-state index contributed by atoms with van der Waals surface area (Å²) in [4.78, 5) is 0. The Balaban J connectivity index is 0. The van der Waals surface area contributed by atoms with Crippen LogP contribution in [-0.4, -0.2) is 30.2 Å². The van der Waals surface area contributed by atoms with Crippen LogP contribution >= 0.6 is 11.6 Å². The van der Waals surface area contributed by atoms with Gasteiger partial charge in [0.1, 0.15) is 0 Å². The maximum atomic E-state index is 5.62. The summed E-state index contributed by atoms with van der Waals surface area (Å²) >= 11 is 5.62. The fraction of sp³-hybridized carbons (Fsp3) is 0.143. The standard InChI is InChI=1S/C7H6ClO.HI.Mg/c1-9-7-4-2-3-6(8)5-7;;/h2-3,5H,1H3;1H;/q-1;;+2/p-1. The molecule has 0 saturated heterocycles. The summed E-state index contributed by atoms with van der Waals surface area (Å²) < 4.78 is 4.86. The van der Waals surface area contributed by atoms with Gasteiger partial charge in [-0.3, -0.25) is 0 Å². The van der Waals surface area contributed by atoms with Crippen molar-refractivity contribution in [1.82, 2.24) is 0 Å². The fourth-order valence-corrected chi connectivity index (χ4v) is 0.698. The van der Waals surface area contributed by atoms with Gasteiger partial charge in [-0.25, -0.2) is 0 Å². The quantitative estimate of drug-likeness (QED) is 0.358. The maximum Gasteiger partial charge on any atom is 2.00 e. The van der Waals surface area contributed by atoms with E-state index in [-0.39, 0.29) is 47.0 Å². The summed E-state index contributed by atoms with van der Waals surface area (Å²) in [7, 11) is 1.59. The van der Waals surface area contributed by atoms with E-state index in [2.05, 4.69) is 6.07 Å². The zero-order valence-corrected chi connectivity index (χ0v) is 10.4. The van der Waals surface area contributed by atoms with Gasteiger partial charge in [0, 0.05) is 5.75 Å². The molecule has 0 unspecified atom stereocenters. The predicted molar refractivity (Wildman–Crippen MR) is 42.6 cm³/mol. The summed E-state index contributed by atoms with van der Waals surface area (Å²) in [5, 5.41) is 0.672. The Bertz CT molecular complexity index is 207. The minimum atomic E-state index is 0. The van der Waals surface area contributed by atoms with Crippen LogP contribution in [0.1, 0.15) is 0 Å². The van der Waals surface area contributed by atoms with Gasteiger partial charge in [0.25, 0.3) is 0 Å². The van der Waals surface area contributed by atoms with Gasteiger partial charge in [-0.1, -0.05) is 5.02 Å². The number of halogens is 2. The number of benzene rings is 1.